The summed E-state index contributed by atoms with van der Waals surface area (Å²) in [7, 11) is 0. The fourth-order valence-electron chi connectivity index (χ4n) is 3.17. The Hall–Kier alpha value is 0.310. The summed E-state index contributed by atoms with van der Waals surface area (Å²) in [6.45, 7) is 12.2. The normalized spacial score (nSPS) is 25.0. The number of hydrogen-bond acceptors (Lipinski definition) is 3. The first kappa shape index (κ1) is 21.4. The van der Waals surface area contributed by atoms with Gasteiger partial charge in [-0.15, -0.1) is 24.0 Å². The van der Waals surface area contributed by atoms with Gasteiger partial charge in [0.1, 0.15) is 0 Å². The second-order valence-corrected chi connectivity index (χ2v) is 8.21. The molecular weight excluding hydrogens is 419 g/mol. The third-order valence-electron chi connectivity index (χ3n) is 4.82. The number of thioether (sulfide) groups is 1. The van der Waals surface area contributed by atoms with E-state index >= 15 is 0 Å². The van der Waals surface area contributed by atoms with Crippen LogP contribution < -0.4 is 10.6 Å². The summed E-state index contributed by atoms with van der Waals surface area (Å²) in [5, 5.41) is 7.68. The molecule has 0 aromatic rings. The van der Waals surface area contributed by atoms with E-state index < -0.39 is 0 Å². The van der Waals surface area contributed by atoms with Crippen LogP contribution in [0.2, 0.25) is 0 Å². The van der Waals surface area contributed by atoms with Crippen molar-refractivity contribution < 1.29 is 0 Å². The molecule has 0 bridgehead atoms. The summed E-state index contributed by atoms with van der Waals surface area (Å²) in [6.07, 6.45) is 5.39. The van der Waals surface area contributed by atoms with Crippen LogP contribution in [0.5, 0.6) is 0 Å². The van der Waals surface area contributed by atoms with Gasteiger partial charge in [0.15, 0.2) is 5.96 Å². The molecule has 2 saturated heterocycles. The van der Waals surface area contributed by atoms with Crippen LogP contribution in [0.3, 0.4) is 0 Å². The summed E-state index contributed by atoms with van der Waals surface area (Å²) in [5.74, 6) is 3.21. The molecule has 23 heavy (non-hydrogen) atoms. The number of nitrogens with one attached hydrogen (secondary N) is 2. The van der Waals surface area contributed by atoms with Gasteiger partial charge in [-0.2, -0.15) is 11.8 Å². The van der Waals surface area contributed by atoms with E-state index in [2.05, 4.69) is 48.1 Å². The second-order valence-electron chi connectivity index (χ2n) is 6.80. The topological polar surface area (TPSA) is 39.7 Å². The summed E-state index contributed by atoms with van der Waals surface area (Å²) < 4.78 is 0. The van der Waals surface area contributed by atoms with E-state index in [9.17, 15) is 0 Å². The molecule has 2 aliphatic heterocycles. The maximum atomic E-state index is 4.81. The van der Waals surface area contributed by atoms with Crippen LogP contribution in [0.1, 0.15) is 46.5 Å². The van der Waals surface area contributed by atoms with Gasteiger partial charge in [-0.3, -0.25) is 9.89 Å². The number of guanidine groups is 1. The van der Waals surface area contributed by atoms with Gasteiger partial charge in [0.2, 0.25) is 0 Å². The average Bonchev–Trinajstić information content (AvgIpc) is 3.04. The molecule has 2 aliphatic rings. The predicted molar refractivity (Wildman–Crippen MR) is 114 cm³/mol. The van der Waals surface area contributed by atoms with Gasteiger partial charge in [-0.1, -0.05) is 6.92 Å². The van der Waals surface area contributed by atoms with Gasteiger partial charge in [-0.25, -0.2) is 0 Å². The van der Waals surface area contributed by atoms with E-state index in [0.717, 1.165) is 36.8 Å². The van der Waals surface area contributed by atoms with Crippen LogP contribution in [0.25, 0.3) is 0 Å². The Bertz CT molecular complexity index is 339. The lowest BCUT2D eigenvalue weighted by Gasteiger charge is -2.34. The van der Waals surface area contributed by atoms with E-state index in [-0.39, 0.29) is 24.0 Å². The molecule has 0 saturated carbocycles. The quantitative estimate of drug-likeness (QED) is 0.368. The molecule has 2 N–H and O–H groups in total. The average molecular weight is 454 g/mol. The molecule has 0 aliphatic carbocycles. The smallest absolute Gasteiger partial charge is 0.191 e. The Balaban J connectivity index is 0.00000264. The Labute approximate surface area is 164 Å². The predicted octanol–water partition coefficient (Wildman–Crippen LogP) is 3.18. The van der Waals surface area contributed by atoms with Crippen molar-refractivity contribution >= 4 is 41.7 Å². The summed E-state index contributed by atoms with van der Waals surface area (Å²) in [4.78, 5) is 7.41. The van der Waals surface area contributed by atoms with Crippen molar-refractivity contribution in [2.45, 2.75) is 57.7 Å². The number of rotatable bonds is 6. The first-order chi connectivity index (χ1) is 10.7. The van der Waals surface area contributed by atoms with Gasteiger partial charge in [0.05, 0.1) is 6.54 Å². The highest BCUT2D eigenvalue weighted by Crippen LogP contribution is 2.25. The third-order valence-corrected chi connectivity index (χ3v) is 6.22. The minimum Gasteiger partial charge on any atom is -0.357 e. The maximum absolute atomic E-state index is 4.81. The summed E-state index contributed by atoms with van der Waals surface area (Å²) in [5.41, 5.74) is 0. The van der Waals surface area contributed by atoms with Crippen LogP contribution >= 0.6 is 35.7 Å². The highest BCUT2D eigenvalue weighted by atomic mass is 127. The van der Waals surface area contributed by atoms with Crippen LogP contribution in [0.4, 0.5) is 0 Å². The molecule has 0 amide bonds. The summed E-state index contributed by atoms with van der Waals surface area (Å²) >= 11 is 2.10. The Morgan fingerprint density at radius 3 is 2.61 bits per heavy atom. The highest BCUT2D eigenvalue weighted by molar-refractivity contribution is 14.0. The molecule has 0 aromatic heterocycles. The molecule has 2 rings (SSSR count). The molecule has 2 unspecified atom stereocenters. The van der Waals surface area contributed by atoms with E-state index in [1.807, 2.05) is 0 Å². The molecule has 2 fully saturated rings. The fourth-order valence-corrected chi connectivity index (χ4v) is 4.37. The van der Waals surface area contributed by atoms with Crippen molar-refractivity contribution in [3.63, 3.8) is 0 Å². The molecule has 0 spiro atoms. The molecule has 2 heterocycles. The molecular formula is C17H35IN4S. The Morgan fingerprint density at radius 2 is 2.00 bits per heavy atom. The standard InChI is InChI=1S/C17H34N4S.HI/c1-4-18-17(20-13-16-6-5-11-22-16)19-12-15(3)21-9-7-14(2)8-10-21;/h14-16H,4-13H2,1-3H3,(H2,18,19,20);1H. The first-order valence-electron chi connectivity index (χ1n) is 9.07. The maximum Gasteiger partial charge on any atom is 0.191 e. The highest BCUT2D eigenvalue weighted by Gasteiger charge is 2.20. The largest absolute Gasteiger partial charge is 0.357 e. The monoisotopic (exact) mass is 454 g/mol. The van der Waals surface area contributed by atoms with E-state index in [0.29, 0.717) is 6.04 Å². The molecule has 0 radical (unpaired) electrons. The van der Waals surface area contributed by atoms with Crippen molar-refractivity contribution in [2.24, 2.45) is 10.9 Å². The zero-order valence-corrected chi connectivity index (χ0v) is 18.2. The minimum absolute atomic E-state index is 0. The number of piperidine rings is 1. The van der Waals surface area contributed by atoms with Crippen LogP contribution in [-0.2, 0) is 0 Å². The van der Waals surface area contributed by atoms with Gasteiger partial charge in [0, 0.05) is 24.4 Å². The fraction of sp³-hybridized carbons (Fsp3) is 0.941. The molecule has 136 valence electrons. The van der Waals surface area contributed by atoms with Gasteiger partial charge < -0.3 is 10.6 Å². The minimum atomic E-state index is 0. The van der Waals surface area contributed by atoms with E-state index in [4.69, 9.17) is 4.99 Å². The lowest BCUT2D eigenvalue weighted by Crippen LogP contribution is -2.43. The number of hydrogen-bond donors (Lipinski definition) is 2. The van der Waals surface area contributed by atoms with Crippen molar-refractivity contribution in [1.29, 1.82) is 0 Å². The number of halogens is 1. The molecule has 0 aromatic carbocycles. The second kappa shape index (κ2) is 11.8. The van der Waals surface area contributed by atoms with E-state index in [1.165, 1.54) is 44.5 Å². The first-order valence-corrected chi connectivity index (χ1v) is 10.1. The molecule has 6 heteroatoms. The number of nitrogens with zero attached hydrogens (tertiary/aromatic N) is 2. The van der Waals surface area contributed by atoms with Gasteiger partial charge >= 0.3 is 0 Å². The van der Waals surface area contributed by atoms with Crippen molar-refractivity contribution in [3.05, 3.63) is 0 Å². The number of aliphatic imine (C=N–C) groups is 1. The van der Waals surface area contributed by atoms with Gasteiger partial charge in [0.25, 0.3) is 0 Å². The van der Waals surface area contributed by atoms with Crippen molar-refractivity contribution in [3.8, 4) is 0 Å². The zero-order valence-electron chi connectivity index (χ0n) is 15.0. The van der Waals surface area contributed by atoms with E-state index in [1.54, 1.807) is 0 Å². The lowest BCUT2D eigenvalue weighted by molar-refractivity contribution is 0.150. The molecule has 2 atom stereocenters. The summed E-state index contributed by atoms with van der Waals surface area (Å²) in [6, 6.07) is 0.545. The van der Waals surface area contributed by atoms with Crippen LogP contribution in [0, 0.1) is 5.92 Å². The SMILES string of the molecule is CCNC(=NCC(C)N1CCC(C)CC1)NCC1CCCS1.I. The third kappa shape index (κ3) is 7.82. The Kier molecular flexibility index (Phi) is 10.9. The van der Waals surface area contributed by atoms with Crippen molar-refractivity contribution in [2.75, 3.05) is 38.5 Å². The molecule has 4 nitrogen and oxygen atoms in total. The van der Waals surface area contributed by atoms with Crippen molar-refractivity contribution in [1.82, 2.24) is 15.5 Å². The number of likely N-dealkylation sites (tertiary alicyclic amines) is 1. The van der Waals surface area contributed by atoms with Crippen LogP contribution in [-0.4, -0.2) is 60.6 Å². The lowest BCUT2D eigenvalue weighted by atomic mass is 9.98. The zero-order chi connectivity index (χ0) is 15.8. The Morgan fingerprint density at radius 1 is 1.26 bits per heavy atom. The van der Waals surface area contributed by atoms with Crippen LogP contribution in [0.15, 0.2) is 4.99 Å². The van der Waals surface area contributed by atoms with Gasteiger partial charge in [-0.05, 0) is 64.3 Å².